The normalized spacial score (nSPS) is 16.7. The lowest BCUT2D eigenvalue weighted by molar-refractivity contribution is 0.144. The Morgan fingerprint density at radius 2 is 1.96 bits per heavy atom. The van der Waals surface area contributed by atoms with Gasteiger partial charge in [0.15, 0.2) is 0 Å². The first-order valence-electron chi connectivity index (χ1n) is 8.85. The average Bonchev–Trinajstić information content (AvgIpc) is 3.18. The molecule has 4 heterocycles. The van der Waals surface area contributed by atoms with Crippen molar-refractivity contribution in [1.29, 1.82) is 5.26 Å². The highest BCUT2D eigenvalue weighted by Crippen LogP contribution is 2.27. The van der Waals surface area contributed by atoms with E-state index in [0.717, 1.165) is 23.0 Å². The summed E-state index contributed by atoms with van der Waals surface area (Å²) in [6, 6.07) is 5.00. The van der Waals surface area contributed by atoms with Gasteiger partial charge in [0.2, 0.25) is 0 Å². The van der Waals surface area contributed by atoms with Gasteiger partial charge in [-0.3, -0.25) is 4.98 Å². The minimum absolute atomic E-state index is 0.000634. The number of likely N-dealkylation sites (tertiary alicyclic amines) is 1. The monoisotopic (exact) mass is 367 g/mol. The molecule has 1 fully saturated rings. The second kappa shape index (κ2) is 7.19. The van der Waals surface area contributed by atoms with E-state index in [4.69, 9.17) is 4.52 Å². The molecule has 0 aliphatic carbocycles. The molecule has 2 aromatic rings. The number of halogens is 1. The van der Waals surface area contributed by atoms with Crippen LogP contribution >= 0.6 is 0 Å². The van der Waals surface area contributed by atoms with E-state index in [2.05, 4.69) is 16.2 Å². The fraction of sp³-hybridized carbons (Fsp3) is 0.368. The third-order valence-electron chi connectivity index (χ3n) is 5.07. The van der Waals surface area contributed by atoms with Crippen molar-refractivity contribution < 1.29 is 13.7 Å². The molecule has 8 heteroatoms. The van der Waals surface area contributed by atoms with Crippen molar-refractivity contribution >= 4 is 11.6 Å². The summed E-state index contributed by atoms with van der Waals surface area (Å²) in [6.07, 6.45) is 4.63. The smallest absolute Gasteiger partial charge is 0.320 e. The Morgan fingerprint density at radius 1 is 1.19 bits per heavy atom. The third-order valence-corrected chi connectivity index (χ3v) is 5.07. The molecule has 138 valence electrons. The molecular formula is C19H18FN5O2. The number of hydrogen-bond donors (Lipinski definition) is 0. The maximum atomic E-state index is 13.1. The zero-order valence-electron chi connectivity index (χ0n) is 14.7. The van der Waals surface area contributed by atoms with Crippen molar-refractivity contribution in [3.63, 3.8) is 0 Å². The largest absolute Gasteiger partial charge is 0.364 e. The quantitative estimate of drug-likeness (QED) is 0.724. The molecule has 0 unspecified atom stereocenters. The van der Waals surface area contributed by atoms with E-state index in [0.29, 0.717) is 56.7 Å². The van der Waals surface area contributed by atoms with Gasteiger partial charge in [-0.25, -0.2) is 9.18 Å². The van der Waals surface area contributed by atoms with Gasteiger partial charge in [-0.15, -0.1) is 0 Å². The van der Waals surface area contributed by atoms with Crippen molar-refractivity contribution in [2.75, 3.05) is 19.6 Å². The molecule has 2 aromatic heterocycles. The van der Waals surface area contributed by atoms with Crippen LogP contribution in [0.5, 0.6) is 0 Å². The molecule has 0 atom stereocenters. The van der Waals surface area contributed by atoms with Crippen LogP contribution < -0.4 is 0 Å². The zero-order chi connectivity index (χ0) is 18.8. The molecule has 0 N–H and O–H groups in total. The lowest BCUT2D eigenvalue weighted by Crippen LogP contribution is -2.47. The summed E-state index contributed by atoms with van der Waals surface area (Å²) in [5.74, 6) is -0.432. The molecule has 0 saturated carbocycles. The van der Waals surface area contributed by atoms with Crippen LogP contribution in [0.15, 0.2) is 34.7 Å². The van der Waals surface area contributed by atoms with Crippen molar-refractivity contribution in [2.24, 2.45) is 0 Å². The van der Waals surface area contributed by atoms with E-state index < -0.39 is 5.82 Å². The summed E-state index contributed by atoms with van der Waals surface area (Å²) in [7, 11) is 0. The summed E-state index contributed by atoms with van der Waals surface area (Å²) >= 11 is 0. The summed E-state index contributed by atoms with van der Waals surface area (Å²) in [5, 5.41) is 13.5. The summed E-state index contributed by atoms with van der Waals surface area (Å²) in [5.41, 5.74) is 3.80. The number of nitriles is 1. The Balaban J connectivity index is 1.43. The van der Waals surface area contributed by atoms with Gasteiger partial charge in [-0.2, -0.15) is 5.26 Å². The maximum Gasteiger partial charge on any atom is 0.320 e. The van der Waals surface area contributed by atoms with Crippen LogP contribution in [0.1, 0.15) is 29.8 Å². The predicted molar refractivity (Wildman–Crippen MR) is 93.5 cm³/mol. The van der Waals surface area contributed by atoms with Crippen molar-refractivity contribution in [1.82, 2.24) is 19.9 Å². The van der Waals surface area contributed by atoms with Crippen LogP contribution in [0.2, 0.25) is 0 Å². The van der Waals surface area contributed by atoms with E-state index in [-0.39, 0.29) is 6.03 Å². The fourth-order valence-electron chi connectivity index (χ4n) is 3.56. The summed E-state index contributed by atoms with van der Waals surface area (Å²) in [6.45, 7) is 2.24. The third kappa shape index (κ3) is 3.40. The number of rotatable bonds is 1. The Kier molecular flexibility index (Phi) is 4.59. The molecule has 4 rings (SSSR count). The maximum absolute atomic E-state index is 13.1. The Bertz CT molecular complexity index is 918. The van der Waals surface area contributed by atoms with Crippen LogP contribution in [0.3, 0.4) is 0 Å². The number of pyridine rings is 1. The number of hydrogen-bond acceptors (Lipinski definition) is 5. The second-order valence-corrected chi connectivity index (χ2v) is 6.68. The standard InChI is InChI=1S/C19H18FN5O2/c20-15-1-2-18(22-10-15)16(9-21)13-3-6-24(7-4-13)19(26)25-8-5-17-14(11-25)12-27-23-17/h1-2,10,12H,3-8,11H2. The fourth-order valence-corrected chi connectivity index (χ4v) is 3.56. The lowest BCUT2D eigenvalue weighted by Gasteiger charge is -2.35. The van der Waals surface area contributed by atoms with Crippen LogP contribution in [0.25, 0.3) is 5.57 Å². The van der Waals surface area contributed by atoms with E-state index in [1.807, 2.05) is 4.90 Å². The summed E-state index contributed by atoms with van der Waals surface area (Å²) < 4.78 is 18.0. The molecule has 1 saturated heterocycles. The number of aromatic nitrogens is 2. The van der Waals surface area contributed by atoms with E-state index in [9.17, 15) is 14.4 Å². The lowest BCUT2D eigenvalue weighted by atomic mass is 9.96. The Hall–Kier alpha value is -3.21. The van der Waals surface area contributed by atoms with Gasteiger partial charge in [0.05, 0.1) is 29.7 Å². The van der Waals surface area contributed by atoms with Crippen LogP contribution in [0, 0.1) is 17.1 Å². The molecule has 0 bridgehead atoms. The first-order valence-corrected chi connectivity index (χ1v) is 8.85. The number of carbonyl (C=O) groups is 1. The minimum Gasteiger partial charge on any atom is -0.364 e. The highest BCUT2D eigenvalue weighted by atomic mass is 19.1. The minimum atomic E-state index is -0.432. The molecular weight excluding hydrogens is 349 g/mol. The number of fused-ring (bicyclic) bond motifs is 1. The number of carbonyl (C=O) groups excluding carboxylic acids is 1. The SMILES string of the molecule is N#CC(=C1CCN(C(=O)N2CCc3nocc3C2)CC1)c1ccc(F)cn1. The van der Waals surface area contributed by atoms with Gasteiger partial charge in [-0.05, 0) is 30.5 Å². The van der Waals surface area contributed by atoms with Gasteiger partial charge in [-0.1, -0.05) is 5.16 Å². The van der Waals surface area contributed by atoms with Gasteiger partial charge in [0.1, 0.15) is 18.1 Å². The number of nitrogens with zero attached hydrogens (tertiary/aromatic N) is 5. The number of amides is 2. The highest BCUT2D eigenvalue weighted by Gasteiger charge is 2.29. The zero-order valence-corrected chi connectivity index (χ0v) is 14.7. The molecule has 0 spiro atoms. The van der Waals surface area contributed by atoms with Crippen molar-refractivity contribution in [3.8, 4) is 6.07 Å². The van der Waals surface area contributed by atoms with Gasteiger partial charge in [0.25, 0.3) is 0 Å². The number of piperidine rings is 1. The first kappa shape index (κ1) is 17.2. The van der Waals surface area contributed by atoms with Crippen LogP contribution in [0.4, 0.5) is 9.18 Å². The molecule has 7 nitrogen and oxygen atoms in total. The van der Waals surface area contributed by atoms with Crippen LogP contribution in [-0.2, 0) is 13.0 Å². The topological polar surface area (TPSA) is 86.3 Å². The Morgan fingerprint density at radius 3 is 2.67 bits per heavy atom. The van der Waals surface area contributed by atoms with Gasteiger partial charge in [0, 0.05) is 31.6 Å². The number of allylic oxidation sites excluding steroid dienone is 1. The molecule has 0 radical (unpaired) electrons. The second-order valence-electron chi connectivity index (χ2n) is 6.68. The number of urea groups is 1. The summed E-state index contributed by atoms with van der Waals surface area (Å²) in [4.78, 5) is 20.4. The van der Waals surface area contributed by atoms with E-state index in [1.54, 1.807) is 11.2 Å². The Labute approximate surface area is 155 Å². The van der Waals surface area contributed by atoms with Crippen molar-refractivity contribution in [3.05, 3.63) is 52.9 Å². The van der Waals surface area contributed by atoms with Crippen molar-refractivity contribution in [2.45, 2.75) is 25.8 Å². The molecule has 2 aliphatic rings. The van der Waals surface area contributed by atoms with Crippen LogP contribution in [-0.4, -0.2) is 45.6 Å². The molecule has 2 aliphatic heterocycles. The molecule has 2 amide bonds. The average molecular weight is 367 g/mol. The van der Waals surface area contributed by atoms with Gasteiger partial charge >= 0.3 is 6.03 Å². The highest BCUT2D eigenvalue weighted by molar-refractivity contribution is 5.78. The molecule has 0 aromatic carbocycles. The van der Waals surface area contributed by atoms with E-state index in [1.165, 1.54) is 12.1 Å². The van der Waals surface area contributed by atoms with Gasteiger partial charge < -0.3 is 14.3 Å². The first-order chi connectivity index (χ1) is 13.2. The van der Waals surface area contributed by atoms with E-state index >= 15 is 0 Å². The predicted octanol–water partition coefficient (Wildman–Crippen LogP) is 2.76. The molecule has 27 heavy (non-hydrogen) atoms.